The van der Waals surface area contributed by atoms with E-state index in [1.165, 1.54) is 5.56 Å². The number of ether oxygens (including phenoxy) is 1. The van der Waals surface area contributed by atoms with Gasteiger partial charge in [0.15, 0.2) is 5.78 Å². The van der Waals surface area contributed by atoms with Crippen LogP contribution >= 0.6 is 15.9 Å². The lowest BCUT2D eigenvalue weighted by Crippen LogP contribution is -2.48. The number of fused-ring (bicyclic) bond motifs is 1. The number of ketones is 1. The molecule has 0 bridgehead atoms. The summed E-state index contributed by atoms with van der Waals surface area (Å²) in [5.41, 5.74) is 2.64. The fraction of sp³-hybridized carbons (Fsp3) is 0.278. The summed E-state index contributed by atoms with van der Waals surface area (Å²) in [7, 11) is 1.99. The van der Waals surface area contributed by atoms with Crippen molar-refractivity contribution in [2.75, 3.05) is 13.2 Å². The van der Waals surface area contributed by atoms with Crippen molar-refractivity contribution in [2.24, 2.45) is 7.05 Å². The molecule has 1 saturated heterocycles. The maximum absolute atomic E-state index is 12.8. The number of H-pyrrole nitrogens is 1. The van der Waals surface area contributed by atoms with E-state index < -0.39 is 0 Å². The van der Waals surface area contributed by atoms with E-state index >= 15 is 0 Å². The molecule has 0 unspecified atom stereocenters. The molecule has 0 amide bonds. The number of aromatic nitrogens is 2. The van der Waals surface area contributed by atoms with Crippen molar-refractivity contribution in [2.45, 2.75) is 11.8 Å². The molecule has 1 aromatic carbocycles. The van der Waals surface area contributed by atoms with Gasteiger partial charge in [0.2, 0.25) is 0 Å². The Morgan fingerprint density at radius 1 is 1.35 bits per heavy atom. The van der Waals surface area contributed by atoms with Gasteiger partial charge < -0.3 is 14.3 Å². The molecule has 1 aliphatic rings. The molecule has 0 aliphatic carbocycles. The Bertz CT molecular complexity index is 889. The lowest BCUT2D eigenvalue weighted by molar-refractivity contribution is -0.0601. The summed E-state index contributed by atoms with van der Waals surface area (Å²) in [5, 5.41) is 1.04. The second-order valence-corrected chi connectivity index (χ2v) is 7.27. The van der Waals surface area contributed by atoms with E-state index in [2.05, 4.69) is 33.2 Å². The molecule has 0 spiro atoms. The lowest BCUT2D eigenvalue weighted by Gasteiger charge is -2.40. The second-order valence-electron chi connectivity index (χ2n) is 6.35. The van der Waals surface area contributed by atoms with E-state index in [1.807, 2.05) is 42.1 Å². The van der Waals surface area contributed by atoms with Crippen molar-refractivity contribution in [1.29, 1.82) is 0 Å². The number of aromatic amines is 1. The van der Waals surface area contributed by atoms with Crippen molar-refractivity contribution >= 4 is 32.6 Å². The number of rotatable bonds is 4. The van der Waals surface area contributed by atoms with Gasteiger partial charge in [0, 0.05) is 41.2 Å². The minimum Gasteiger partial charge on any atom is -0.379 e. The summed E-state index contributed by atoms with van der Waals surface area (Å²) in [6.07, 6.45) is 4.56. The van der Waals surface area contributed by atoms with E-state index in [1.54, 1.807) is 0 Å². The van der Waals surface area contributed by atoms with Gasteiger partial charge in [-0.3, -0.25) is 4.79 Å². The van der Waals surface area contributed by atoms with Gasteiger partial charge in [0.05, 0.1) is 24.3 Å². The SMILES string of the molecule is Cn1ccc(C2(CC(=O)c3cc4cc(Br)ccc4[nH]3)COC2)c1. The van der Waals surface area contributed by atoms with E-state index in [0.29, 0.717) is 25.3 Å². The molecule has 118 valence electrons. The van der Waals surface area contributed by atoms with Crippen LogP contribution in [0.25, 0.3) is 10.9 Å². The molecule has 1 N–H and O–H groups in total. The summed E-state index contributed by atoms with van der Waals surface area (Å²) in [4.78, 5) is 16.0. The average molecular weight is 373 g/mol. The lowest BCUT2D eigenvalue weighted by atomic mass is 9.75. The van der Waals surface area contributed by atoms with Gasteiger partial charge in [-0.15, -0.1) is 0 Å². The Morgan fingerprint density at radius 3 is 2.83 bits per heavy atom. The molecule has 3 aromatic rings. The zero-order chi connectivity index (χ0) is 16.0. The van der Waals surface area contributed by atoms with Gasteiger partial charge in [-0.1, -0.05) is 15.9 Å². The molecule has 23 heavy (non-hydrogen) atoms. The molecule has 4 nitrogen and oxygen atoms in total. The van der Waals surface area contributed by atoms with Crippen LogP contribution in [0.4, 0.5) is 0 Å². The fourth-order valence-electron chi connectivity index (χ4n) is 3.19. The average Bonchev–Trinajstić information content (AvgIpc) is 3.08. The zero-order valence-electron chi connectivity index (χ0n) is 12.8. The molecule has 0 saturated carbocycles. The summed E-state index contributed by atoms with van der Waals surface area (Å²) in [6.45, 7) is 1.21. The number of benzene rings is 1. The first-order valence-electron chi connectivity index (χ1n) is 7.57. The normalized spacial score (nSPS) is 16.4. The van der Waals surface area contributed by atoms with E-state index in [0.717, 1.165) is 15.4 Å². The number of Topliss-reactive ketones (excluding diaryl/α,β-unsaturated/α-hetero) is 1. The largest absolute Gasteiger partial charge is 0.379 e. The minimum absolute atomic E-state index is 0.129. The molecule has 4 rings (SSSR count). The van der Waals surface area contributed by atoms with E-state index in [9.17, 15) is 4.79 Å². The molecule has 1 aliphatic heterocycles. The van der Waals surface area contributed by atoms with Crippen molar-refractivity contribution in [1.82, 2.24) is 9.55 Å². The molecule has 1 fully saturated rings. The number of halogens is 1. The van der Waals surface area contributed by atoms with Crippen LogP contribution in [0, 0.1) is 0 Å². The fourth-order valence-corrected chi connectivity index (χ4v) is 3.57. The Morgan fingerprint density at radius 2 is 2.17 bits per heavy atom. The van der Waals surface area contributed by atoms with Crippen LogP contribution in [0.1, 0.15) is 22.5 Å². The Balaban J connectivity index is 1.63. The highest BCUT2D eigenvalue weighted by atomic mass is 79.9. The van der Waals surface area contributed by atoms with Crippen molar-refractivity contribution in [3.05, 3.63) is 58.5 Å². The Labute approximate surface area is 142 Å². The number of carbonyl (C=O) groups is 1. The van der Waals surface area contributed by atoms with E-state index in [4.69, 9.17) is 4.74 Å². The van der Waals surface area contributed by atoms with Gasteiger partial charge in [0.25, 0.3) is 0 Å². The maximum atomic E-state index is 12.8. The maximum Gasteiger partial charge on any atom is 0.180 e. The number of hydrogen-bond donors (Lipinski definition) is 1. The van der Waals surface area contributed by atoms with Crippen LogP contribution in [0.2, 0.25) is 0 Å². The highest BCUT2D eigenvalue weighted by Crippen LogP contribution is 2.37. The van der Waals surface area contributed by atoms with Gasteiger partial charge in [-0.05, 0) is 35.9 Å². The molecule has 2 aromatic heterocycles. The summed E-state index contributed by atoms with van der Waals surface area (Å²) < 4.78 is 8.46. The second kappa shape index (κ2) is 5.35. The van der Waals surface area contributed by atoms with Crippen LogP contribution in [-0.2, 0) is 17.2 Å². The van der Waals surface area contributed by atoms with E-state index in [-0.39, 0.29) is 11.2 Å². The highest BCUT2D eigenvalue weighted by molar-refractivity contribution is 9.10. The van der Waals surface area contributed by atoms with Crippen molar-refractivity contribution in [3.8, 4) is 0 Å². The number of carbonyl (C=O) groups excluding carboxylic acids is 1. The number of nitrogens with zero attached hydrogens (tertiary/aromatic N) is 1. The third-order valence-corrected chi connectivity index (χ3v) is 5.08. The van der Waals surface area contributed by atoms with Crippen LogP contribution < -0.4 is 0 Å². The molecule has 5 heteroatoms. The number of hydrogen-bond acceptors (Lipinski definition) is 2. The van der Waals surface area contributed by atoms with Crippen LogP contribution in [0.5, 0.6) is 0 Å². The van der Waals surface area contributed by atoms with Crippen LogP contribution in [0.3, 0.4) is 0 Å². The first-order valence-corrected chi connectivity index (χ1v) is 8.37. The van der Waals surface area contributed by atoms with Gasteiger partial charge in [-0.2, -0.15) is 0 Å². The van der Waals surface area contributed by atoms with Crippen molar-refractivity contribution in [3.63, 3.8) is 0 Å². The third kappa shape index (κ3) is 2.54. The third-order valence-electron chi connectivity index (χ3n) is 4.58. The highest BCUT2D eigenvalue weighted by Gasteiger charge is 2.43. The van der Waals surface area contributed by atoms with Gasteiger partial charge in [0.1, 0.15) is 0 Å². The number of aryl methyl sites for hydroxylation is 1. The van der Waals surface area contributed by atoms with Crippen LogP contribution in [-0.4, -0.2) is 28.5 Å². The standard InChI is InChI=1S/C18H17BrN2O2/c1-21-5-4-13(9-21)18(10-23-11-18)8-17(22)16-7-12-6-14(19)2-3-15(12)20-16/h2-7,9,20H,8,10-11H2,1H3. The monoisotopic (exact) mass is 372 g/mol. The Kier molecular flexibility index (Phi) is 3.43. The smallest absolute Gasteiger partial charge is 0.180 e. The van der Waals surface area contributed by atoms with Gasteiger partial charge >= 0.3 is 0 Å². The summed E-state index contributed by atoms with van der Waals surface area (Å²) in [5.74, 6) is 0.129. The summed E-state index contributed by atoms with van der Waals surface area (Å²) >= 11 is 3.46. The van der Waals surface area contributed by atoms with Gasteiger partial charge in [-0.25, -0.2) is 0 Å². The van der Waals surface area contributed by atoms with Crippen molar-refractivity contribution < 1.29 is 9.53 Å². The number of nitrogens with one attached hydrogen (secondary N) is 1. The molecule has 0 radical (unpaired) electrons. The minimum atomic E-state index is -0.184. The molecular formula is C18H17BrN2O2. The predicted octanol–water partition coefficient (Wildman–Crippen LogP) is 3.81. The predicted molar refractivity (Wildman–Crippen MR) is 92.9 cm³/mol. The first kappa shape index (κ1) is 14.7. The Hall–Kier alpha value is -1.85. The first-order chi connectivity index (χ1) is 11.1. The quantitative estimate of drug-likeness (QED) is 0.707. The zero-order valence-corrected chi connectivity index (χ0v) is 14.4. The van der Waals surface area contributed by atoms with Crippen LogP contribution in [0.15, 0.2) is 47.2 Å². The topological polar surface area (TPSA) is 47.0 Å². The molecule has 3 heterocycles. The summed E-state index contributed by atoms with van der Waals surface area (Å²) in [6, 6.07) is 9.98. The molecule has 0 atom stereocenters. The molecular weight excluding hydrogens is 356 g/mol.